The van der Waals surface area contributed by atoms with Crippen LogP contribution in [0.4, 0.5) is 0 Å². The second-order valence-corrected chi connectivity index (χ2v) is 2.94. The topological polar surface area (TPSA) is 23.8 Å². The van der Waals surface area contributed by atoms with Crippen molar-refractivity contribution in [2.24, 2.45) is 0 Å². The van der Waals surface area contributed by atoms with Gasteiger partial charge in [-0.1, -0.05) is 48.6 Å². The summed E-state index contributed by atoms with van der Waals surface area (Å²) in [5.74, 6) is 0. The van der Waals surface area contributed by atoms with Crippen LogP contribution in [-0.4, -0.2) is 0 Å². The third-order valence-electron chi connectivity index (χ3n) is 1.86. The van der Waals surface area contributed by atoms with E-state index in [9.17, 15) is 0 Å². The van der Waals surface area contributed by atoms with E-state index in [-0.39, 0.29) is 0 Å². The Morgan fingerprint density at radius 3 is 2.64 bits per heavy atom. The van der Waals surface area contributed by atoms with Crippen LogP contribution >= 0.6 is 0 Å². The lowest BCUT2D eigenvalue weighted by Gasteiger charge is -1.95. The van der Waals surface area contributed by atoms with Crippen LogP contribution in [-0.2, 0) is 6.42 Å². The summed E-state index contributed by atoms with van der Waals surface area (Å²) in [5, 5.41) is 8.23. The van der Waals surface area contributed by atoms with Crippen molar-refractivity contribution in [3.8, 4) is 6.07 Å². The van der Waals surface area contributed by atoms with Crippen LogP contribution in [0, 0.1) is 11.3 Å². The Labute approximate surface area is 85.0 Å². The summed E-state index contributed by atoms with van der Waals surface area (Å²) in [6.07, 6.45) is 9.27. The molecule has 0 spiro atoms. The molecule has 70 valence electrons. The van der Waals surface area contributed by atoms with E-state index in [2.05, 4.69) is 30.3 Å². The molecule has 1 aromatic carbocycles. The number of hydrogen-bond donors (Lipinski definition) is 0. The Morgan fingerprint density at radius 2 is 1.93 bits per heavy atom. The summed E-state index contributed by atoms with van der Waals surface area (Å²) in [6.45, 7) is 0. The van der Waals surface area contributed by atoms with E-state index in [1.54, 1.807) is 6.08 Å². The molecule has 1 nitrogen and oxygen atoms in total. The highest BCUT2D eigenvalue weighted by Crippen LogP contribution is 2.02. The van der Waals surface area contributed by atoms with Gasteiger partial charge in [-0.05, 0) is 18.4 Å². The Morgan fingerprint density at radius 1 is 1.14 bits per heavy atom. The predicted molar refractivity (Wildman–Crippen MR) is 58.7 cm³/mol. The van der Waals surface area contributed by atoms with E-state index in [1.807, 2.05) is 18.2 Å². The molecule has 0 saturated carbocycles. The monoisotopic (exact) mass is 183 g/mol. The zero-order valence-electron chi connectivity index (χ0n) is 8.06. The number of nitrogens with zero attached hydrogens (tertiary/aromatic N) is 1. The summed E-state index contributed by atoms with van der Waals surface area (Å²) < 4.78 is 0. The second kappa shape index (κ2) is 6.68. The third-order valence-corrected chi connectivity index (χ3v) is 1.86. The molecule has 0 aliphatic carbocycles. The minimum atomic E-state index is 1.01. The lowest BCUT2D eigenvalue weighted by Crippen LogP contribution is -1.80. The van der Waals surface area contributed by atoms with E-state index in [0.29, 0.717) is 0 Å². The van der Waals surface area contributed by atoms with E-state index < -0.39 is 0 Å². The molecule has 0 radical (unpaired) electrons. The molecule has 0 fully saturated rings. The molecule has 0 aliphatic rings. The molecule has 0 bridgehead atoms. The van der Waals surface area contributed by atoms with Crippen molar-refractivity contribution in [3.63, 3.8) is 0 Å². The van der Waals surface area contributed by atoms with Crippen molar-refractivity contribution >= 4 is 0 Å². The highest BCUT2D eigenvalue weighted by Gasteiger charge is 1.86. The van der Waals surface area contributed by atoms with Gasteiger partial charge in [-0.15, -0.1) is 0 Å². The maximum atomic E-state index is 8.23. The van der Waals surface area contributed by atoms with Gasteiger partial charge in [0.25, 0.3) is 0 Å². The second-order valence-electron chi connectivity index (χ2n) is 2.94. The number of aryl methyl sites for hydroxylation is 1. The van der Waals surface area contributed by atoms with Crippen LogP contribution in [0.2, 0.25) is 0 Å². The molecule has 1 aromatic rings. The summed E-state index contributed by atoms with van der Waals surface area (Å²) in [7, 11) is 0. The highest BCUT2D eigenvalue weighted by molar-refractivity contribution is 5.16. The van der Waals surface area contributed by atoms with Gasteiger partial charge in [-0.25, -0.2) is 0 Å². The molecular formula is C13H13N. The van der Waals surface area contributed by atoms with Gasteiger partial charge in [0.1, 0.15) is 0 Å². The quantitative estimate of drug-likeness (QED) is 0.519. The molecule has 0 N–H and O–H groups in total. The zero-order chi connectivity index (χ0) is 10.1. The Bertz CT molecular complexity index is 341. The van der Waals surface area contributed by atoms with Gasteiger partial charge in [-0.3, -0.25) is 0 Å². The van der Waals surface area contributed by atoms with Gasteiger partial charge in [0.15, 0.2) is 0 Å². The number of rotatable bonds is 4. The first-order chi connectivity index (χ1) is 6.93. The first kappa shape index (κ1) is 10.3. The van der Waals surface area contributed by atoms with Crippen LogP contribution in [0.15, 0.2) is 54.6 Å². The van der Waals surface area contributed by atoms with Crippen molar-refractivity contribution in [2.45, 2.75) is 12.8 Å². The first-order valence-electron chi connectivity index (χ1n) is 4.68. The molecule has 0 heterocycles. The molecule has 0 amide bonds. The maximum Gasteiger partial charge on any atom is 0.0912 e. The SMILES string of the molecule is N#C/C=C\C=C\CCc1ccccc1. The van der Waals surface area contributed by atoms with Crippen LogP contribution in [0.25, 0.3) is 0 Å². The van der Waals surface area contributed by atoms with Crippen molar-refractivity contribution in [1.29, 1.82) is 5.26 Å². The van der Waals surface area contributed by atoms with E-state index in [4.69, 9.17) is 5.26 Å². The minimum Gasteiger partial charge on any atom is -0.193 e. The number of benzene rings is 1. The molecule has 1 heteroatoms. The van der Waals surface area contributed by atoms with Crippen LogP contribution < -0.4 is 0 Å². The molecule has 0 saturated heterocycles. The fourth-order valence-electron chi connectivity index (χ4n) is 1.17. The average Bonchev–Trinajstić information content (AvgIpc) is 2.25. The van der Waals surface area contributed by atoms with Gasteiger partial charge in [-0.2, -0.15) is 5.26 Å². The predicted octanol–water partition coefficient (Wildman–Crippen LogP) is 3.26. The standard InChI is InChI=1S/C13H13N/c14-12-8-3-1-2-5-9-13-10-6-4-7-11-13/h1-4,6-8,10-11H,5,9H2/b2-1+,8-3-. The molecule has 0 unspecified atom stereocenters. The minimum absolute atomic E-state index is 1.01. The molecule has 1 rings (SSSR count). The fourth-order valence-corrected chi connectivity index (χ4v) is 1.17. The lowest BCUT2D eigenvalue weighted by molar-refractivity contribution is 1.00. The smallest absolute Gasteiger partial charge is 0.0912 e. The number of allylic oxidation sites excluding steroid dienone is 4. The van der Waals surface area contributed by atoms with Gasteiger partial charge < -0.3 is 0 Å². The molecule has 0 atom stereocenters. The molecule has 14 heavy (non-hydrogen) atoms. The van der Waals surface area contributed by atoms with E-state index in [1.165, 1.54) is 11.6 Å². The summed E-state index contributed by atoms with van der Waals surface area (Å²) in [4.78, 5) is 0. The van der Waals surface area contributed by atoms with Gasteiger partial charge >= 0.3 is 0 Å². The number of nitriles is 1. The summed E-state index contributed by atoms with van der Waals surface area (Å²) in [6, 6.07) is 12.3. The summed E-state index contributed by atoms with van der Waals surface area (Å²) >= 11 is 0. The highest BCUT2D eigenvalue weighted by atomic mass is 14.2. The van der Waals surface area contributed by atoms with Crippen LogP contribution in [0.5, 0.6) is 0 Å². The Hall–Kier alpha value is -1.81. The molecular weight excluding hydrogens is 170 g/mol. The largest absolute Gasteiger partial charge is 0.193 e. The van der Waals surface area contributed by atoms with E-state index in [0.717, 1.165) is 12.8 Å². The molecule has 0 aliphatic heterocycles. The van der Waals surface area contributed by atoms with Crippen LogP contribution in [0.3, 0.4) is 0 Å². The van der Waals surface area contributed by atoms with E-state index >= 15 is 0 Å². The maximum absolute atomic E-state index is 8.23. The zero-order valence-corrected chi connectivity index (χ0v) is 8.06. The van der Waals surface area contributed by atoms with Crippen molar-refractivity contribution in [3.05, 3.63) is 60.2 Å². The first-order valence-corrected chi connectivity index (χ1v) is 4.68. The normalized spacial score (nSPS) is 10.8. The van der Waals surface area contributed by atoms with Crippen molar-refractivity contribution < 1.29 is 0 Å². The van der Waals surface area contributed by atoms with Crippen molar-refractivity contribution in [1.82, 2.24) is 0 Å². The Kier molecular flexibility index (Phi) is 4.90. The average molecular weight is 183 g/mol. The van der Waals surface area contributed by atoms with Crippen molar-refractivity contribution in [2.75, 3.05) is 0 Å². The van der Waals surface area contributed by atoms with Gasteiger partial charge in [0.05, 0.1) is 6.07 Å². The summed E-state index contributed by atoms with van der Waals surface area (Å²) in [5.41, 5.74) is 1.35. The van der Waals surface area contributed by atoms with Gasteiger partial charge in [0.2, 0.25) is 0 Å². The fraction of sp³-hybridized carbons (Fsp3) is 0.154. The van der Waals surface area contributed by atoms with Crippen LogP contribution in [0.1, 0.15) is 12.0 Å². The van der Waals surface area contributed by atoms with Gasteiger partial charge in [0, 0.05) is 6.08 Å². The Balaban J connectivity index is 2.26. The third kappa shape index (κ3) is 4.27. The lowest BCUT2D eigenvalue weighted by atomic mass is 10.1. The number of hydrogen-bond acceptors (Lipinski definition) is 1. The molecule has 0 aromatic heterocycles.